The van der Waals surface area contributed by atoms with Crippen molar-refractivity contribution in [3.63, 3.8) is 0 Å². The van der Waals surface area contributed by atoms with E-state index in [2.05, 4.69) is 22.0 Å². The van der Waals surface area contributed by atoms with Gasteiger partial charge in [0.05, 0.1) is 0 Å². The first-order valence-electron chi connectivity index (χ1n) is 10.1. The number of nitrogens with two attached hydrogens (primary N) is 1. The molecule has 31 heavy (non-hydrogen) atoms. The zero-order chi connectivity index (χ0) is 21.6. The van der Waals surface area contributed by atoms with Gasteiger partial charge in [0, 0.05) is 42.1 Å². The maximum atomic E-state index is 12.5. The van der Waals surface area contributed by atoms with Gasteiger partial charge >= 0.3 is 0 Å². The average molecular weight is 412 g/mol. The first kappa shape index (κ1) is 20.5. The van der Waals surface area contributed by atoms with Crippen molar-refractivity contribution < 1.29 is 9.59 Å². The van der Waals surface area contributed by atoms with Crippen molar-refractivity contribution >= 4 is 28.8 Å². The molecule has 0 aromatic heterocycles. The standard InChI is InChI=1S/C25H24N4O2/c26-15-17-1-9-22(10-2-17)28-24(30)19-3-5-20(6-4-19)25(31)29-23-11-7-18(8-12-23)21-13-14-27-16-21/h1-13,27H,14-16,26H2,(H,28,30)(H,29,31). The average Bonchev–Trinajstić information content (AvgIpc) is 3.35. The molecule has 1 aliphatic heterocycles. The zero-order valence-electron chi connectivity index (χ0n) is 17.0. The van der Waals surface area contributed by atoms with Gasteiger partial charge in [-0.2, -0.15) is 0 Å². The SMILES string of the molecule is NCc1ccc(NC(=O)c2ccc(C(=O)Nc3ccc(C4=CCNC4)cc3)cc2)cc1. The van der Waals surface area contributed by atoms with E-state index in [0.29, 0.717) is 23.4 Å². The molecule has 0 aliphatic carbocycles. The number of carbonyl (C=O) groups is 2. The van der Waals surface area contributed by atoms with E-state index in [0.717, 1.165) is 29.9 Å². The first-order chi connectivity index (χ1) is 15.1. The van der Waals surface area contributed by atoms with Crippen LogP contribution in [0.3, 0.4) is 0 Å². The second-order valence-electron chi connectivity index (χ2n) is 7.32. The Labute approximate surface area is 181 Å². The van der Waals surface area contributed by atoms with Gasteiger partial charge in [0.1, 0.15) is 0 Å². The van der Waals surface area contributed by atoms with Crippen LogP contribution >= 0.6 is 0 Å². The number of hydrogen-bond donors (Lipinski definition) is 4. The lowest BCUT2D eigenvalue weighted by atomic mass is 10.1. The molecule has 0 fully saturated rings. The van der Waals surface area contributed by atoms with E-state index in [9.17, 15) is 9.59 Å². The van der Waals surface area contributed by atoms with Gasteiger partial charge in [-0.25, -0.2) is 0 Å². The van der Waals surface area contributed by atoms with Crippen LogP contribution in [0.25, 0.3) is 5.57 Å². The minimum atomic E-state index is -0.237. The zero-order valence-corrected chi connectivity index (χ0v) is 17.0. The van der Waals surface area contributed by atoms with Crippen LogP contribution in [0.4, 0.5) is 11.4 Å². The quantitative estimate of drug-likeness (QED) is 0.497. The van der Waals surface area contributed by atoms with E-state index < -0.39 is 0 Å². The van der Waals surface area contributed by atoms with Gasteiger partial charge < -0.3 is 21.7 Å². The summed E-state index contributed by atoms with van der Waals surface area (Å²) in [5.41, 5.74) is 11.4. The summed E-state index contributed by atoms with van der Waals surface area (Å²) in [6.45, 7) is 2.21. The Morgan fingerprint density at radius 1 is 0.774 bits per heavy atom. The van der Waals surface area contributed by atoms with Crippen molar-refractivity contribution in [1.82, 2.24) is 5.32 Å². The van der Waals surface area contributed by atoms with Gasteiger partial charge in [0.2, 0.25) is 0 Å². The Morgan fingerprint density at radius 3 is 1.74 bits per heavy atom. The molecule has 6 heteroatoms. The van der Waals surface area contributed by atoms with Crippen LogP contribution in [0.5, 0.6) is 0 Å². The van der Waals surface area contributed by atoms with E-state index in [1.54, 1.807) is 24.3 Å². The molecule has 6 nitrogen and oxygen atoms in total. The lowest BCUT2D eigenvalue weighted by molar-refractivity contribution is 0.101. The molecule has 0 unspecified atom stereocenters. The van der Waals surface area contributed by atoms with Crippen LogP contribution in [-0.4, -0.2) is 24.9 Å². The summed E-state index contributed by atoms with van der Waals surface area (Å²) in [7, 11) is 0. The van der Waals surface area contributed by atoms with Gasteiger partial charge in [0.15, 0.2) is 0 Å². The van der Waals surface area contributed by atoms with Crippen LogP contribution in [-0.2, 0) is 6.54 Å². The van der Waals surface area contributed by atoms with E-state index in [4.69, 9.17) is 5.73 Å². The first-order valence-corrected chi connectivity index (χ1v) is 10.1. The third-order valence-electron chi connectivity index (χ3n) is 5.18. The highest BCUT2D eigenvalue weighted by Crippen LogP contribution is 2.19. The number of anilines is 2. The van der Waals surface area contributed by atoms with Gasteiger partial charge in [0.25, 0.3) is 11.8 Å². The van der Waals surface area contributed by atoms with Gasteiger partial charge in [-0.15, -0.1) is 0 Å². The topological polar surface area (TPSA) is 96.2 Å². The molecule has 0 saturated heterocycles. The van der Waals surface area contributed by atoms with Crippen molar-refractivity contribution in [2.24, 2.45) is 5.73 Å². The number of benzene rings is 3. The summed E-state index contributed by atoms with van der Waals surface area (Å²) in [5.74, 6) is -0.461. The van der Waals surface area contributed by atoms with Gasteiger partial charge in [-0.05, 0) is 65.2 Å². The van der Waals surface area contributed by atoms with E-state index >= 15 is 0 Å². The monoisotopic (exact) mass is 412 g/mol. The van der Waals surface area contributed by atoms with E-state index in [1.165, 1.54) is 5.57 Å². The molecule has 0 atom stereocenters. The Morgan fingerprint density at radius 2 is 1.29 bits per heavy atom. The van der Waals surface area contributed by atoms with Gasteiger partial charge in [-0.1, -0.05) is 30.3 Å². The molecule has 2 amide bonds. The second kappa shape index (κ2) is 9.38. The largest absolute Gasteiger partial charge is 0.326 e. The number of nitrogens with one attached hydrogen (secondary N) is 3. The molecule has 0 radical (unpaired) electrons. The smallest absolute Gasteiger partial charge is 0.255 e. The fourth-order valence-electron chi connectivity index (χ4n) is 3.37. The van der Waals surface area contributed by atoms with Crippen LogP contribution in [0.1, 0.15) is 31.8 Å². The third-order valence-corrected chi connectivity index (χ3v) is 5.18. The number of carbonyl (C=O) groups excluding carboxylic acids is 2. The molecular formula is C25H24N4O2. The summed E-state index contributed by atoms with van der Waals surface area (Å²) in [6.07, 6.45) is 2.17. The number of hydrogen-bond acceptors (Lipinski definition) is 4. The predicted octanol–water partition coefficient (Wildman–Crippen LogP) is 3.64. The molecular weight excluding hydrogens is 388 g/mol. The van der Waals surface area contributed by atoms with Crippen molar-refractivity contribution in [2.75, 3.05) is 23.7 Å². The summed E-state index contributed by atoms with van der Waals surface area (Å²) < 4.78 is 0. The van der Waals surface area contributed by atoms with Crippen molar-refractivity contribution in [3.05, 3.63) is 101 Å². The minimum absolute atomic E-state index is 0.223. The normalized spacial score (nSPS) is 12.9. The highest BCUT2D eigenvalue weighted by atomic mass is 16.2. The van der Waals surface area contributed by atoms with Crippen molar-refractivity contribution in [3.8, 4) is 0 Å². The van der Waals surface area contributed by atoms with Crippen LogP contribution in [0.15, 0.2) is 78.9 Å². The molecule has 0 bridgehead atoms. The summed E-state index contributed by atoms with van der Waals surface area (Å²) in [4.78, 5) is 25.0. The molecule has 1 aliphatic rings. The Hall–Kier alpha value is -3.74. The predicted molar refractivity (Wildman–Crippen MR) is 124 cm³/mol. The lowest BCUT2D eigenvalue weighted by Crippen LogP contribution is -2.14. The maximum Gasteiger partial charge on any atom is 0.255 e. The minimum Gasteiger partial charge on any atom is -0.326 e. The van der Waals surface area contributed by atoms with Crippen molar-refractivity contribution in [1.29, 1.82) is 0 Å². The summed E-state index contributed by atoms with van der Waals surface area (Å²) >= 11 is 0. The van der Waals surface area contributed by atoms with E-state index in [1.807, 2.05) is 48.5 Å². The molecule has 4 rings (SSSR count). The Bertz CT molecular complexity index is 1100. The fourth-order valence-corrected chi connectivity index (χ4v) is 3.37. The molecule has 156 valence electrons. The molecule has 5 N–H and O–H groups in total. The summed E-state index contributed by atoms with van der Waals surface area (Å²) in [5, 5.41) is 9.00. The maximum absolute atomic E-state index is 12.5. The van der Waals surface area contributed by atoms with E-state index in [-0.39, 0.29) is 11.8 Å². The van der Waals surface area contributed by atoms with Crippen molar-refractivity contribution in [2.45, 2.75) is 6.54 Å². The number of rotatable bonds is 6. The Kier molecular flexibility index (Phi) is 6.21. The lowest BCUT2D eigenvalue weighted by Gasteiger charge is -2.09. The van der Waals surface area contributed by atoms with Crippen LogP contribution < -0.4 is 21.7 Å². The second-order valence-corrected chi connectivity index (χ2v) is 7.32. The van der Waals surface area contributed by atoms with Gasteiger partial charge in [-0.3, -0.25) is 9.59 Å². The summed E-state index contributed by atoms with van der Waals surface area (Å²) in [6, 6.07) is 21.7. The molecule has 0 spiro atoms. The third kappa shape index (κ3) is 5.06. The molecule has 0 saturated carbocycles. The van der Waals surface area contributed by atoms with Crippen LogP contribution in [0.2, 0.25) is 0 Å². The Balaban J connectivity index is 1.36. The molecule has 1 heterocycles. The highest BCUT2D eigenvalue weighted by molar-refractivity contribution is 6.07. The fraction of sp³-hybridized carbons (Fsp3) is 0.120. The molecule has 3 aromatic carbocycles. The van der Waals surface area contributed by atoms with Crippen LogP contribution in [0, 0.1) is 0 Å². The highest BCUT2D eigenvalue weighted by Gasteiger charge is 2.11. The number of amides is 2. The molecule has 3 aromatic rings.